The van der Waals surface area contributed by atoms with E-state index in [-0.39, 0.29) is 0 Å². The predicted molar refractivity (Wildman–Crippen MR) is 82.2 cm³/mol. The second-order valence-corrected chi connectivity index (χ2v) is 6.46. The van der Waals surface area contributed by atoms with Crippen molar-refractivity contribution >= 4 is 17.3 Å². The smallest absolute Gasteiger partial charge is 0.0642 e. The number of halogens is 1. The largest absolute Gasteiger partial charge is 0.365 e. The average molecular weight is 279 g/mol. The van der Waals surface area contributed by atoms with E-state index in [4.69, 9.17) is 11.6 Å². The number of benzene rings is 1. The molecular weight excluding hydrogens is 256 g/mol. The number of piperazine rings is 1. The van der Waals surface area contributed by atoms with Crippen LogP contribution in [-0.4, -0.2) is 36.6 Å². The zero-order valence-electron chi connectivity index (χ0n) is 11.9. The molecule has 2 unspecified atom stereocenters. The molecule has 0 aromatic heterocycles. The van der Waals surface area contributed by atoms with E-state index >= 15 is 0 Å². The van der Waals surface area contributed by atoms with E-state index in [0.29, 0.717) is 6.04 Å². The van der Waals surface area contributed by atoms with Gasteiger partial charge in [-0.25, -0.2) is 0 Å². The summed E-state index contributed by atoms with van der Waals surface area (Å²) in [5.74, 6) is 0. The molecule has 19 heavy (non-hydrogen) atoms. The lowest BCUT2D eigenvalue weighted by Gasteiger charge is -2.49. The van der Waals surface area contributed by atoms with Crippen LogP contribution in [0.15, 0.2) is 18.2 Å². The van der Waals surface area contributed by atoms with E-state index in [1.165, 1.54) is 43.6 Å². The van der Waals surface area contributed by atoms with Gasteiger partial charge in [0.2, 0.25) is 0 Å². The van der Waals surface area contributed by atoms with Crippen LogP contribution in [0.4, 0.5) is 5.69 Å². The van der Waals surface area contributed by atoms with E-state index in [9.17, 15) is 0 Å². The van der Waals surface area contributed by atoms with Crippen LogP contribution < -0.4 is 4.90 Å². The Morgan fingerprint density at radius 1 is 1.21 bits per heavy atom. The summed E-state index contributed by atoms with van der Waals surface area (Å²) in [4.78, 5) is 5.21. The number of para-hydroxylation sites is 1. The zero-order chi connectivity index (χ0) is 13.4. The molecule has 2 fully saturated rings. The van der Waals surface area contributed by atoms with Crippen molar-refractivity contribution in [2.24, 2.45) is 0 Å². The Bertz CT molecular complexity index is 440. The molecule has 1 aromatic carbocycles. The van der Waals surface area contributed by atoms with Crippen LogP contribution in [0.1, 0.15) is 31.7 Å². The maximum absolute atomic E-state index is 6.45. The second kappa shape index (κ2) is 5.34. The summed E-state index contributed by atoms with van der Waals surface area (Å²) in [7, 11) is 0. The molecule has 0 bridgehead atoms. The Hall–Kier alpha value is -0.730. The Balaban J connectivity index is 1.88. The van der Waals surface area contributed by atoms with Gasteiger partial charge < -0.3 is 4.90 Å². The molecule has 2 heterocycles. The lowest BCUT2D eigenvalue weighted by atomic mass is 9.96. The third-order valence-electron chi connectivity index (χ3n) is 4.66. The minimum absolute atomic E-state index is 0.549. The lowest BCUT2D eigenvalue weighted by Crippen LogP contribution is -2.59. The summed E-state index contributed by atoms with van der Waals surface area (Å²) in [5, 5.41) is 0.899. The topological polar surface area (TPSA) is 6.48 Å². The highest BCUT2D eigenvalue weighted by molar-refractivity contribution is 6.33. The summed E-state index contributed by atoms with van der Waals surface area (Å²) in [6, 6.07) is 7.50. The van der Waals surface area contributed by atoms with Gasteiger partial charge in [-0.15, -0.1) is 0 Å². The maximum atomic E-state index is 6.45. The van der Waals surface area contributed by atoms with Crippen molar-refractivity contribution in [1.29, 1.82) is 0 Å². The van der Waals surface area contributed by atoms with Gasteiger partial charge in [0.1, 0.15) is 0 Å². The highest BCUT2D eigenvalue weighted by atomic mass is 35.5. The first-order chi connectivity index (χ1) is 9.16. The summed E-state index contributed by atoms with van der Waals surface area (Å²) < 4.78 is 0. The molecule has 3 heteroatoms. The minimum Gasteiger partial charge on any atom is -0.365 e. The highest BCUT2D eigenvalue weighted by Crippen LogP contribution is 2.34. The Labute approximate surface area is 121 Å². The van der Waals surface area contributed by atoms with Gasteiger partial charge in [0.05, 0.1) is 10.7 Å². The number of nitrogens with zero attached hydrogens (tertiary/aromatic N) is 2. The Morgan fingerprint density at radius 3 is 2.84 bits per heavy atom. The zero-order valence-corrected chi connectivity index (χ0v) is 12.7. The molecule has 0 saturated carbocycles. The average Bonchev–Trinajstić information content (AvgIpc) is 2.39. The third-order valence-corrected chi connectivity index (χ3v) is 4.97. The van der Waals surface area contributed by atoms with Gasteiger partial charge in [-0.2, -0.15) is 0 Å². The van der Waals surface area contributed by atoms with Gasteiger partial charge >= 0.3 is 0 Å². The molecule has 0 aliphatic carbocycles. The molecule has 2 aliphatic rings. The molecule has 2 aliphatic heterocycles. The maximum Gasteiger partial charge on any atom is 0.0642 e. The monoisotopic (exact) mass is 278 g/mol. The van der Waals surface area contributed by atoms with Gasteiger partial charge in [-0.1, -0.05) is 30.2 Å². The van der Waals surface area contributed by atoms with Crippen LogP contribution in [0.25, 0.3) is 0 Å². The second-order valence-electron chi connectivity index (χ2n) is 6.05. The first kappa shape index (κ1) is 13.3. The van der Waals surface area contributed by atoms with Crippen LogP contribution in [0.3, 0.4) is 0 Å². The summed E-state index contributed by atoms with van der Waals surface area (Å²) in [6.07, 6.45) is 4.09. The normalized spacial score (nSPS) is 28.3. The van der Waals surface area contributed by atoms with E-state index in [2.05, 4.69) is 29.7 Å². The SMILES string of the molecule is Cc1cccc(Cl)c1N1CC2CCCCN2CC1C. The van der Waals surface area contributed by atoms with E-state index < -0.39 is 0 Å². The van der Waals surface area contributed by atoms with Crippen LogP contribution in [0.2, 0.25) is 5.02 Å². The molecule has 0 N–H and O–H groups in total. The van der Waals surface area contributed by atoms with Gasteiger partial charge in [0.25, 0.3) is 0 Å². The fourth-order valence-corrected chi connectivity index (χ4v) is 3.98. The fourth-order valence-electron chi connectivity index (χ4n) is 3.65. The molecule has 0 amide bonds. The number of piperidine rings is 1. The molecule has 0 radical (unpaired) electrons. The molecule has 2 atom stereocenters. The van der Waals surface area contributed by atoms with E-state index in [0.717, 1.165) is 17.6 Å². The van der Waals surface area contributed by atoms with Crippen molar-refractivity contribution in [1.82, 2.24) is 4.90 Å². The number of anilines is 1. The van der Waals surface area contributed by atoms with Gasteiger partial charge in [-0.3, -0.25) is 4.90 Å². The molecule has 104 valence electrons. The Kier molecular flexibility index (Phi) is 3.72. The van der Waals surface area contributed by atoms with Crippen molar-refractivity contribution in [2.75, 3.05) is 24.5 Å². The van der Waals surface area contributed by atoms with E-state index in [1.54, 1.807) is 0 Å². The molecule has 0 spiro atoms. The number of fused-ring (bicyclic) bond motifs is 1. The van der Waals surface area contributed by atoms with Crippen LogP contribution in [-0.2, 0) is 0 Å². The standard InChI is InChI=1S/C16H23ClN2/c1-12-6-5-8-15(17)16(12)19-11-14-7-3-4-9-18(14)10-13(19)2/h5-6,8,13-14H,3-4,7,9-11H2,1-2H3. The van der Waals surface area contributed by atoms with Crippen LogP contribution in [0.5, 0.6) is 0 Å². The number of hydrogen-bond donors (Lipinski definition) is 0. The fraction of sp³-hybridized carbons (Fsp3) is 0.625. The number of rotatable bonds is 1. The molecule has 3 rings (SSSR count). The lowest BCUT2D eigenvalue weighted by molar-refractivity contribution is 0.115. The molecular formula is C16H23ClN2. The van der Waals surface area contributed by atoms with Crippen molar-refractivity contribution in [3.8, 4) is 0 Å². The summed E-state index contributed by atoms with van der Waals surface area (Å²) in [6.45, 7) is 8.08. The van der Waals surface area contributed by atoms with Gasteiger partial charge in [-0.05, 0) is 44.9 Å². The predicted octanol–water partition coefficient (Wildman–Crippen LogP) is 3.71. The van der Waals surface area contributed by atoms with Gasteiger partial charge in [0.15, 0.2) is 0 Å². The van der Waals surface area contributed by atoms with E-state index in [1.807, 2.05) is 12.1 Å². The first-order valence-electron chi connectivity index (χ1n) is 7.42. The minimum atomic E-state index is 0.549. The number of hydrogen-bond acceptors (Lipinski definition) is 2. The van der Waals surface area contributed by atoms with Crippen molar-refractivity contribution in [3.05, 3.63) is 28.8 Å². The van der Waals surface area contributed by atoms with Crippen LogP contribution >= 0.6 is 11.6 Å². The highest BCUT2D eigenvalue weighted by Gasteiger charge is 2.34. The van der Waals surface area contributed by atoms with Crippen LogP contribution in [0, 0.1) is 6.92 Å². The van der Waals surface area contributed by atoms with Crippen molar-refractivity contribution in [2.45, 2.75) is 45.2 Å². The van der Waals surface area contributed by atoms with Crippen molar-refractivity contribution < 1.29 is 0 Å². The first-order valence-corrected chi connectivity index (χ1v) is 7.80. The summed E-state index contributed by atoms with van der Waals surface area (Å²) in [5.41, 5.74) is 2.55. The number of aryl methyl sites for hydroxylation is 1. The summed E-state index contributed by atoms with van der Waals surface area (Å²) >= 11 is 6.45. The van der Waals surface area contributed by atoms with Gasteiger partial charge in [0, 0.05) is 25.2 Å². The van der Waals surface area contributed by atoms with Crippen molar-refractivity contribution in [3.63, 3.8) is 0 Å². The molecule has 1 aromatic rings. The molecule has 2 nitrogen and oxygen atoms in total. The molecule has 2 saturated heterocycles. The quantitative estimate of drug-likeness (QED) is 0.773. The third kappa shape index (κ3) is 2.48. The Morgan fingerprint density at radius 2 is 2.05 bits per heavy atom.